The third kappa shape index (κ3) is 5.07. The van der Waals surface area contributed by atoms with E-state index in [0.717, 1.165) is 15.6 Å². The minimum Gasteiger partial charge on any atom is -0.341 e. The Kier molecular flexibility index (Phi) is 6.45. The fourth-order valence-corrected chi connectivity index (χ4v) is 7.04. The zero-order valence-corrected chi connectivity index (χ0v) is 21.9. The molecule has 9 nitrogen and oxygen atoms in total. The van der Waals surface area contributed by atoms with E-state index in [1.54, 1.807) is 36.4 Å². The van der Waals surface area contributed by atoms with Crippen molar-refractivity contribution < 1.29 is 21.6 Å². The summed E-state index contributed by atoms with van der Waals surface area (Å²) in [5.41, 5.74) is 2.74. The first kappa shape index (κ1) is 24.6. The topological polar surface area (TPSA) is 138 Å². The number of fused-ring (bicyclic) bond motifs is 1. The predicted octanol–water partition coefficient (Wildman–Crippen LogP) is 3.48. The predicted molar refractivity (Wildman–Crippen MR) is 138 cm³/mol. The van der Waals surface area contributed by atoms with Gasteiger partial charge in [-0.25, -0.2) is 26.5 Å². The van der Waals surface area contributed by atoms with Crippen LogP contribution in [0.1, 0.15) is 34.7 Å². The molecule has 3 N–H and O–H groups in total. The van der Waals surface area contributed by atoms with Crippen molar-refractivity contribution in [1.82, 2.24) is 19.4 Å². The molecular weight excluding hydrogens is 568 g/mol. The van der Waals surface area contributed by atoms with Gasteiger partial charge >= 0.3 is 0 Å². The van der Waals surface area contributed by atoms with Crippen molar-refractivity contribution in [3.05, 3.63) is 94.2 Å². The van der Waals surface area contributed by atoms with Crippen LogP contribution >= 0.6 is 15.9 Å². The van der Waals surface area contributed by atoms with Crippen LogP contribution in [-0.2, 0) is 31.3 Å². The molecule has 1 saturated heterocycles. The third-order valence-corrected chi connectivity index (χ3v) is 9.67. The lowest BCUT2D eigenvalue weighted by Crippen LogP contribution is -2.31. The van der Waals surface area contributed by atoms with E-state index in [1.807, 2.05) is 29.0 Å². The Balaban J connectivity index is 1.46. The molecule has 186 valence electrons. The summed E-state index contributed by atoms with van der Waals surface area (Å²) < 4.78 is 56.3. The molecule has 36 heavy (non-hydrogen) atoms. The third-order valence-electron chi connectivity index (χ3n) is 5.95. The molecule has 1 aromatic heterocycles. The number of imidazole rings is 1. The summed E-state index contributed by atoms with van der Waals surface area (Å²) in [4.78, 5) is 19.5. The number of amides is 1. The van der Waals surface area contributed by atoms with Crippen molar-refractivity contribution in [2.45, 2.75) is 29.0 Å². The summed E-state index contributed by atoms with van der Waals surface area (Å²) in [5, 5.41) is -0.943. The van der Waals surface area contributed by atoms with E-state index in [-0.39, 0.29) is 17.7 Å². The highest BCUT2D eigenvalue weighted by molar-refractivity contribution is 9.10. The molecule has 0 aliphatic carbocycles. The number of halogens is 1. The summed E-state index contributed by atoms with van der Waals surface area (Å²) in [6.45, 7) is 0. The van der Waals surface area contributed by atoms with Crippen LogP contribution in [0.4, 0.5) is 0 Å². The van der Waals surface area contributed by atoms with Gasteiger partial charge in [-0.2, -0.15) is 0 Å². The lowest BCUT2D eigenvalue weighted by Gasteiger charge is -2.18. The molecule has 12 heteroatoms. The molecule has 2 atom stereocenters. The Labute approximate surface area is 216 Å². The molecule has 1 amide bonds. The van der Waals surface area contributed by atoms with E-state index in [1.165, 1.54) is 12.1 Å². The van der Waals surface area contributed by atoms with Crippen molar-refractivity contribution in [2.24, 2.45) is 0 Å². The second kappa shape index (κ2) is 9.43. The SMILES string of the molecule is O=C1CC(c2ccc(C[C@H](NS(=O)(=O)c3ccc(Br)cc3)c3nc4ccccc4[nH]3)cc2)S(=O)(=O)N1. The first-order valence-electron chi connectivity index (χ1n) is 11.0. The van der Waals surface area contributed by atoms with E-state index in [9.17, 15) is 21.6 Å². The standard InChI is InChI=1S/C24H21BrN4O5S2/c25-17-9-11-18(12-10-17)35(31,32)28-21(24-26-19-3-1-2-4-20(19)27-24)13-15-5-7-16(8-6-15)22-14-23(30)29-36(22,33)34/h1-12,21-22,28H,13-14H2,(H,26,27)(H,29,30)/t21-,22?/m0/s1. The Morgan fingerprint density at radius 3 is 2.36 bits per heavy atom. The number of nitrogens with one attached hydrogen (secondary N) is 3. The highest BCUT2D eigenvalue weighted by Gasteiger charge is 2.37. The second-order valence-corrected chi connectivity index (χ2v) is 13.0. The lowest BCUT2D eigenvalue weighted by molar-refractivity contribution is -0.118. The Hall–Kier alpha value is -3.06. The fourth-order valence-electron chi connectivity index (χ4n) is 4.15. The number of rotatable bonds is 7. The van der Waals surface area contributed by atoms with Gasteiger partial charge in [-0.15, -0.1) is 0 Å². The number of H-pyrrole nitrogens is 1. The number of carbonyl (C=O) groups excluding carboxylic acids is 1. The molecule has 2 heterocycles. The van der Waals surface area contributed by atoms with Gasteiger partial charge in [0.1, 0.15) is 11.1 Å². The molecular formula is C24H21BrN4O5S2. The van der Waals surface area contributed by atoms with Gasteiger partial charge in [0.25, 0.3) is 0 Å². The number of para-hydroxylation sites is 2. The summed E-state index contributed by atoms with van der Waals surface area (Å²) in [6.07, 6.45) is 0.126. The molecule has 1 unspecified atom stereocenters. The van der Waals surface area contributed by atoms with Gasteiger partial charge < -0.3 is 4.98 Å². The van der Waals surface area contributed by atoms with Crippen LogP contribution in [0.3, 0.4) is 0 Å². The number of benzene rings is 3. The van der Waals surface area contributed by atoms with Crippen LogP contribution in [0, 0.1) is 0 Å². The second-order valence-electron chi connectivity index (χ2n) is 8.48. The molecule has 0 bridgehead atoms. The number of aromatic amines is 1. The van der Waals surface area contributed by atoms with Crippen LogP contribution < -0.4 is 9.44 Å². The minimum atomic E-state index is -3.88. The Bertz CT molecular complexity index is 1620. The van der Waals surface area contributed by atoms with Gasteiger partial charge in [-0.05, 0) is 53.9 Å². The Morgan fingerprint density at radius 1 is 1.03 bits per heavy atom. The van der Waals surface area contributed by atoms with Crippen LogP contribution in [-0.4, -0.2) is 32.7 Å². The highest BCUT2D eigenvalue weighted by atomic mass is 79.9. The summed E-state index contributed by atoms with van der Waals surface area (Å²) in [6, 6.07) is 19.8. The molecule has 1 aliphatic rings. The van der Waals surface area contributed by atoms with Crippen LogP contribution in [0.2, 0.25) is 0 Å². The smallest absolute Gasteiger partial charge is 0.242 e. The fraction of sp³-hybridized carbons (Fsp3) is 0.167. The van der Waals surface area contributed by atoms with E-state index >= 15 is 0 Å². The molecule has 0 saturated carbocycles. The number of hydrogen-bond donors (Lipinski definition) is 3. The lowest BCUT2D eigenvalue weighted by atomic mass is 10.0. The van der Waals surface area contributed by atoms with E-state index in [2.05, 4.69) is 30.6 Å². The van der Waals surface area contributed by atoms with Crippen LogP contribution in [0.25, 0.3) is 11.0 Å². The van der Waals surface area contributed by atoms with Gasteiger partial charge in [-0.1, -0.05) is 52.3 Å². The monoisotopic (exact) mass is 588 g/mol. The average Bonchev–Trinajstić information content (AvgIpc) is 3.38. The van der Waals surface area contributed by atoms with Crippen molar-refractivity contribution >= 4 is 52.9 Å². The quantitative estimate of drug-likeness (QED) is 0.302. The van der Waals surface area contributed by atoms with Crippen molar-refractivity contribution in [3.8, 4) is 0 Å². The van der Waals surface area contributed by atoms with Gasteiger partial charge in [-0.3, -0.25) is 9.52 Å². The first-order chi connectivity index (χ1) is 17.1. The number of sulfonamides is 2. The zero-order chi connectivity index (χ0) is 25.5. The maximum absolute atomic E-state index is 13.2. The van der Waals surface area contributed by atoms with Gasteiger partial charge in [0.15, 0.2) is 0 Å². The van der Waals surface area contributed by atoms with Crippen molar-refractivity contribution in [3.63, 3.8) is 0 Å². The maximum Gasteiger partial charge on any atom is 0.242 e. The zero-order valence-electron chi connectivity index (χ0n) is 18.7. The van der Waals surface area contributed by atoms with E-state index in [4.69, 9.17) is 0 Å². The van der Waals surface area contributed by atoms with Crippen LogP contribution in [0.5, 0.6) is 0 Å². The number of nitrogens with zero attached hydrogens (tertiary/aromatic N) is 1. The molecule has 5 rings (SSSR count). The van der Waals surface area contributed by atoms with Gasteiger partial charge in [0, 0.05) is 4.47 Å². The van der Waals surface area contributed by atoms with Crippen molar-refractivity contribution in [1.29, 1.82) is 0 Å². The van der Waals surface area contributed by atoms with Gasteiger partial charge in [0.2, 0.25) is 26.0 Å². The van der Waals surface area contributed by atoms with E-state index < -0.39 is 37.2 Å². The van der Waals surface area contributed by atoms with E-state index in [0.29, 0.717) is 16.9 Å². The van der Waals surface area contributed by atoms with Crippen LogP contribution in [0.15, 0.2) is 82.2 Å². The largest absolute Gasteiger partial charge is 0.341 e. The molecule has 1 aliphatic heterocycles. The normalized spacial score (nSPS) is 18.2. The first-order valence-corrected chi connectivity index (χ1v) is 14.8. The number of hydrogen-bond acceptors (Lipinski definition) is 6. The maximum atomic E-state index is 13.2. The summed E-state index contributed by atoms with van der Waals surface area (Å²) >= 11 is 3.31. The summed E-state index contributed by atoms with van der Waals surface area (Å²) in [5.74, 6) is -0.0782. The minimum absolute atomic E-state index is 0.116. The molecule has 0 spiro atoms. The molecule has 3 aromatic carbocycles. The number of aromatic nitrogens is 2. The Morgan fingerprint density at radius 2 is 1.72 bits per heavy atom. The summed E-state index contributed by atoms with van der Waals surface area (Å²) in [7, 11) is -7.63. The highest BCUT2D eigenvalue weighted by Crippen LogP contribution is 2.31. The molecule has 1 fully saturated rings. The number of carbonyl (C=O) groups is 1. The van der Waals surface area contributed by atoms with Crippen molar-refractivity contribution in [2.75, 3.05) is 0 Å². The average molecular weight is 589 g/mol. The van der Waals surface area contributed by atoms with Gasteiger partial charge in [0.05, 0.1) is 28.4 Å². The molecule has 0 radical (unpaired) electrons. The molecule has 4 aromatic rings.